The van der Waals surface area contributed by atoms with Crippen LogP contribution in [0.4, 0.5) is 24.7 Å². The Kier molecular flexibility index (Phi) is 5.33. The number of alkyl halides is 3. The molecular formula is C23H18F3N5O3. The Morgan fingerprint density at radius 3 is 2.53 bits per heavy atom. The number of anilines is 2. The average molecular weight is 469 g/mol. The van der Waals surface area contributed by atoms with Gasteiger partial charge in [-0.05, 0) is 42.0 Å². The molecule has 0 unspecified atom stereocenters. The van der Waals surface area contributed by atoms with Crippen LogP contribution in [-0.4, -0.2) is 26.8 Å². The summed E-state index contributed by atoms with van der Waals surface area (Å²) >= 11 is 0. The average Bonchev–Trinajstić information content (AvgIpc) is 3.37. The summed E-state index contributed by atoms with van der Waals surface area (Å²) < 4.78 is 48.2. The highest BCUT2D eigenvalue weighted by Gasteiger charge is 2.31. The van der Waals surface area contributed by atoms with Gasteiger partial charge in [-0.3, -0.25) is 4.79 Å². The van der Waals surface area contributed by atoms with Crippen molar-refractivity contribution < 1.29 is 27.4 Å². The molecule has 3 N–H and O–H groups in total. The van der Waals surface area contributed by atoms with E-state index in [1.165, 1.54) is 18.5 Å². The molecule has 174 valence electrons. The first kappa shape index (κ1) is 21.7. The van der Waals surface area contributed by atoms with E-state index in [-0.39, 0.29) is 18.1 Å². The number of aromatic nitrogens is 3. The van der Waals surface area contributed by atoms with Gasteiger partial charge in [-0.1, -0.05) is 12.1 Å². The number of carbonyl (C=O) groups is 1. The van der Waals surface area contributed by atoms with Crippen LogP contribution in [0, 0.1) is 0 Å². The largest absolute Gasteiger partial charge is 0.573 e. The molecule has 11 heteroatoms. The molecule has 0 radical (unpaired) electrons. The van der Waals surface area contributed by atoms with Gasteiger partial charge in [0.15, 0.2) is 5.82 Å². The highest BCUT2D eigenvalue weighted by molar-refractivity contribution is 5.93. The van der Waals surface area contributed by atoms with Crippen molar-refractivity contribution in [3.8, 4) is 11.4 Å². The molecule has 0 spiro atoms. The fourth-order valence-corrected chi connectivity index (χ4v) is 3.97. The minimum atomic E-state index is -4.77. The lowest BCUT2D eigenvalue weighted by molar-refractivity contribution is -0.274. The monoisotopic (exact) mass is 469 g/mol. The molecule has 8 nitrogen and oxygen atoms in total. The molecule has 0 aliphatic carbocycles. The summed E-state index contributed by atoms with van der Waals surface area (Å²) in [4.78, 5) is 20.9. The van der Waals surface area contributed by atoms with E-state index in [0.29, 0.717) is 24.7 Å². The molecule has 0 atom stereocenters. The van der Waals surface area contributed by atoms with Crippen LogP contribution in [0.2, 0.25) is 0 Å². The van der Waals surface area contributed by atoms with E-state index < -0.39 is 6.36 Å². The summed E-state index contributed by atoms with van der Waals surface area (Å²) in [6, 6.07) is 12.3. The van der Waals surface area contributed by atoms with E-state index in [1.54, 1.807) is 0 Å². The van der Waals surface area contributed by atoms with Gasteiger partial charge in [0.2, 0.25) is 5.91 Å². The number of nitrogens with two attached hydrogens (primary N) is 1. The summed E-state index contributed by atoms with van der Waals surface area (Å²) in [5.41, 5.74) is 11.5. The molecule has 3 heterocycles. The van der Waals surface area contributed by atoms with Crippen LogP contribution in [0.25, 0.3) is 16.7 Å². The number of fused-ring (bicyclic) bond motifs is 3. The Morgan fingerprint density at radius 1 is 1.09 bits per heavy atom. The van der Waals surface area contributed by atoms with Gasteiger partial charge in [0.25, 0.3) is 0 Å². The molecule has 0 saturated heterocycles. The summed E-state index contributed by atoms with van der Waals surface area (Å²) in [6.07, 6.45) is -3.26. The fraction of sp³-hybridized carbons (Fsp3) is 0.174. The van der Waals surface area contributed by atoms with Crippen LogP contribution in [-0.2, 0) is 29.2 Å². The number of hydrogen-bond acceptors (Lipinski definition) is 6. The molecular weight excluding hydrogens is 451 g/mol. The number of amides is 1. The van der Waals surface area contributed by atoms with Gasteiger partial charge in [0, 0.05) is 16.9 Å². The molecule has 34 heavy (non-hydrogen) atoms. The van der Waals surface area contributed by atoms with Crippen molar-refractivity contribution in [3.05, 3.63) is 71.7 Å². The summed E-state index contributed by atoms with van der Waals surface area (Å²) in [5, 5.41) is 2.66. The van der Waals surface area contributed by atoms with Crippen molar-refractivity contribution in [1.29, 1.82) is 0 Å². The van der Waals surface area contributed by atoms with Gasteiger partial charge < -0.3 is 25.1 Å². The maximum absolute atomic E-state index is 12.4. The molecule has 4 aromatic rings. The molecule has 0 bridgehead atoms. The Balaban J connectivity index is 1.31. The molecule has 1 aliphatic heterocycles. The Morgan fingerprint density at radius 2 is 1.82 bits per heavy atom. The first-order chi connectivity index (χ1) is 16.3. The fourth-order valence-electron chi connectivity index (χ4n) is 3.97. The lowest BCUT2D eigenvalue weighted by atomic mass is 10.1. The first-order valence-corrected chi connectivity index (χ1v) is 10.2. The standard InChI is InChI=1S/C23H18F3N5O3/c24-23(25,26)34-16-7-3-14(4-8-16)30-19(32)9-13-1-5-15(6-2-13)31-18-11-33-10-17(18)20-21(31)22(27)29-12-28-20/h1-8,12H,9-11H2,(H,30,32)(H2,27,28,29). The van der Waals surface area contributed by atoms with E-state index in [2.05, 4.69) is 20.0 Å². The van der Waals surface area contributed by atoms with Crippen molar-refractivity contribution in [2.75, 3.05) is 11.1 Å². The number of nitrogens with one attached hydrogen (secondary N) is 1. The summed E-state index contributed by atoms with van der Waals surface area (Å²) in [5.74, 6) is -0.299. The lowest BCUT2D eigenvalue weighted by Crippen LogP contribution is -2.17. The maximum Gasteiger partial charge on any atom is 0.573 e. The van der Waals surface area contributed by atoms with E-state index in [4.69, 9.17) is 10.5 Å². The van der Waals surface area contributed by atoms with Gasteiger partial charge in [0.1, 0.15) is 23.1 Å². The lowest BCUT2D eigenvalue weighted by Gasteiger charge is -2.12. The van der Waals surface area contributed by atoms with Crippen LogP contribution in [0.1, 0.15) is 16.8 Å². The predicted molar refractivity (Wildman–Crippen MR) is 117 cm³/mol. The van der Waals surface area contributed by atoms with E-state index in [0.717, 1.165) is 45.7 Å². The van der Waals surface area contributed by atoms with E-state index >= 15 is 0 Å². The van der Waals surface area contributed by atoms with Crippen molar-refractivity contribution in [3.63, 3.8) is 0 Å². The second-order valence-corrected chi connectivity index (χ2v) is 7.67. The molecule has 1 amide bonds. The minimum Gasteiger partial charge on any atom is -0.406 e. The van der Waals surface area contributed by atoms with Gasteiger partial charge >= 0.3 is 6.36 Å². The van der Waals surface area contributed by atoms with Crippen molar-refractivity contribution in [2.24, 2.45) is 0 Å². The highest BCUT2D eigenvalue weighted by atomic mass is 19.4. The third-order valence-corrected chi connectivity index (χ3v) is 5.39. The number of nitrogens with zero attached hydrogens (tertiary/aromatic N) is 3. The smallest absolute Gasteiger partial charge is 0.406 e. The number of hydrogen-bond donors (Lipinski definition) is 2. The maximum atomic E-state index is 12.4. The van der Waals surface area contributed by atoms with E-state index in [1.807, 2.05) is 28.8 Å². The first-order valence-electron chi connectivity index (χ1n) is 10.2. The van der Waals surface area contributed by atoms with E-state index in [9.17, 15) is 18.0 Å². The van der Waals surface area contributed by atoms with Crippen molar-refractivity contribution in [1.82, 2.24) is 14.5 Å². The molecule has 2 aromatic carbocycles. The predicted octanol–water partition coefficient (Wildman–Crippen LogP) is 4.11. The molecule has 5 rings (SSSR count). The van der Waals surface area contributed by atoms with Gasteiger partial charge in [0.05, 0.1) is 25.3 Å². The third-order valence-electron chi connectivity index (χ3n) is 5.39. The summed E-state index contributed by atoms with van der Waals surface area (Å²) in [6.45, 7) is 0.888. The molecule has 0 saturated carbocycles. The number of rotatable bonds is 5. The number of benzene rings is 2. The molecule has 2 aromatic heterocycles. The zero-order valence-electron chi connectivity index (χ0n) is 17.6. The third kappa shape index (κ3) is 4.25. The summed E-state index contributed by atoms with van der Waals surface area (Å²) in [7, 11) is 0. The number of carbonyl (C=O) groups excluding carboxylic acids is 1. The highest BCUT2D eigenvalue weighted by Crippen LogP contribution is 2.35. The molecule has 1 aliphatic rings. The van der Waals surface area contributed by atoms with Crippen LogP contribution in [0.3, 0.4) is 0 Å². The van der Waals surface area contributed by atoms with Crippen LogP contribution < -0.4 is 15.8 Å². The number of halogens is 3. The Labute approximate surface area is 191 Å². The number of ether oxygens (including phenoxy) is 2. The van der Waals surface area contributed by atoms with Crippen molar-refractivity contribution >= 4 is 28.4 Å². The minimum absolute atomic E-state index is 0.0833. The topological polar surface area (TPSA) is 104 Å². The Bertz CT molecular complexity index is 1370. The zero-order valence-corrected chi connectivity index (χ0v) is 17.6. The Hall–Kier alpha value is -4.12. The van der Waals surface area contributed by atoms with Gasteiger partial charge in [-0.15, -0.1) is 13.2 Å². The van der Waals surface area contributed by atoms with Crippen LogP contribution >= 0.6 is 0 Å². The van der Waals surface area contributed by atoms with Crippen LogP contribution in [0.5, 0.6) is 5.75 Å². The van der Waals surface area contributed by atoms with Crippen molar-refractivity contribution in [2.45, 2.75) is 26.0 Å². The number of nitrogen functional groups attached to an aromatic ring is 1. The SMILES string of the molecule is Nc1ncnc2c3c(n(-c4ccc(CC(=O)Nc5ccc(OC(F)(F)F)cc5)cc4)c12)COC3. The van der Waals surface area contributed by atoms with Crippen LogP contribution in [0.15, 0.2) is 54.9 Å². The quantitative estimate of drug-likeness (QED) is 0.456. The second-order valence-electron chi connectivity index (χ2n) is 7.67. The normalized spacial score (nSPS) is 13.1. The van der Waals surface area contributed by atoms with Gasteiger partial charge in [-0.2, -0.15) is 0 Å². The second kappa shape index (κ2) is 8.34. The zero-order chi connectivity index (χ0) is 23.9. The molecule has 0 fully saturated rings. The van der Waals surface area contributed by atoms with Gasteiger partial charge in [-0.25, -0.2) is 9.97 Å².